The third-order valence-corrected chi connectivity index (χ3v) is 5.25. The molecule has 2 N–H and O–H groups in total. The van der Waals surface area contributed by atoms with Crippen LogP contribution in [0.25, 0.3) is 16.9 Å². The monoisotopic (exact) mass is 449 g/mol. The lowest BCUT2D eigenvalue weighted by Gasteiger charge is -2.17. The number of hydrogen-bond acceptors (Lipinski definition) is 4. The minimum absolute atomic E-state index is 0.152. The number of halogens is 3. The minimum Gasteiger partial charge on any atom is -0.391 e. The van der Waals surface area contributed by atoms with Crippen molar-refractivity contribution in [1.29, 1.82) is 0 Å². The highest BCUT2D eigenvalue weighted by Gasteiger charge is 2.21. The highest BCUT2D eigenvalue weighted by atomic mass is 35.5. The Balaban J connectivity index is 2.20. The van der Waals surface area contributed by atoms with Gasteiger partial charge in [0.15, 0.2) is 0 Å². The number of benzene rings is 2. The Hall–Kier alpha value is -2.74. The molecule has 0 aliphatic rings. The Morgan fingerprint density at radius 3 is 2.50 bits per heavy atom. The van der Waals surface area contributed by atoms with E-state index in [1.165, 1.54) is 31.2 Å². The molecule has 9 heteroatoms. The third kappa shape index (κ3) is 4.70. The molecular weight excluding hydrogens is 432 g/mol. The van der Waals surface area contributed by atoms with E-state index in [0.717, 1.165) is 10.7 Å². The summed E-state index contributed by atoms with van der Waals surface area (Å²) in [5, 5.41) is 17.1. The van der Waals surface area contributed by atoms with Crippen LogP contribution in [0.5, 0.6) is 0 Å². The number of nitrogens with zero attached hydrogens (tertiary/aromatic N) is 2. The Morgan fingerprint density at radius 1 is 1.13 bits per heavy atom. The third-order valence-electron chi connectivity index (χ3n) is 4.51. The predicted molar refractivity (Wildman–Crippen MR) is 114 cm³/mol. The van der Waals surface area contributed by atoms with Gasteiger partial charge in [-0.25, -0.2) is 4.39 Å². The normalized spacial score (nSPS) is 13.0. The first-order valence-corrected chi connectivity index (χ1v) is 9.77. The molecule has 1 heterocycles. The lowest BCUT2D eigenvalue weighted by Crippen LogP contribution is -2.42. The summed E-state index contributed by atoms with van der Waals surface area (Å²) in [6, 6.07) is 10.8. The second kappa shape index (κ2) is 8.95. The average Bonchev–Trinajstić information content (AvgIpc) is 2.70. The second-order valence-electron chi connectivity index (χ2n) is 6.77. The summed E-state index contributed by atoms with van der Waals surface area (Å²) < 4.78 is 14.7. The number of nitrogens with one attached hydrogen (secondary N) is 1. The molecule has 0 saturated heterocycles. The highest BCUT2D eigenvalue weighted by Crippen LogP contribution is 2.27. The zero-order valence-corrected chi connectivity index (χ0v) is 17.6. The Labute approximate surface area is 181 Å². The van der Waals surface area contributed by atoms with Crippen molar-refractivity contribution in [3.63, 3.8) is 0 Å². The largest absolute Gasteiger partial charge is 0.391 e. The molecule has 0 radical (unpaired) electrons. The van der Waals surface area contributed by atoms with E-state index in [2.05, 4.69) is 10.4 Å². The lowest BCUT2D eigenvalue weighted by molar-refractivity contribution is 0.0871. The van der Waals surface area contributed by atoms with Crippen LogP contribution in [0.15, 0.2) is 53.3 Å². The number of carbonyl (C=O) groups is 1. The zero-order valence-electron chi connectivity index (χ0n) is 16.1. The van der Waals surface area contributed by atoms with Crippen LogP contribution < -0.4 is 10.9 Å². The van der Waals surface area contributed by atoms with E-state index in [1.54, 1.807) is 25.1 Å². The summed E-state index contributed by atoms with van der Waals surface area (Å²) in [7, 11) is 0. The van der Waals surface area contributed by atoms with Crippen molar-refractivity contribution in [2.75, 3.05) is 0 Å². The van der Waals surface area contributed by atoms with Crippen LogP contribution in [0.2, 0.25) is 10.0 Å². The quantitative estimate of drug-likeness (QED) is 0.619. The SMILES string of the molecule is C[C@H](O)[C@H](C)NC(=O)c1cc(-c2ccc(Cl)c(Cl)c2)nn(-c2cccc(F)c2)c1=O. The van der Waals surface area contributed by atoms with Gasteiger partial charge in [-0.1, -0.05) is 35.3 Å². The van der Waals surface area contributed by atoms with Crippen LogP contribution in [0.4, 0.5) is 4.39 Å². The van der Waals surface area contributed by atoms with Gasteiger partial charge in [-0.15, -0.1) is 0 Å². The van der Waals surface area contributed by atoms with E-state index in [1.807, 2.05) is 0 Å². The molecule has 1 aromatic heterocycles. The van der Waals surface area contributed by atoms with Crippen molar-refractivity contribution in [2.24, 2.45) is 0 Å². The number of aliphatic hydroxyl groups is 1. The molecule has 1 amide bonds. The minimum atomic E-state index is -0.823. The molecule has 0 saturated carbocycles. The van der Waals surface area contributed by atoms with Gasteiger partial charge in [0, 0.05) is 5.56 Å². The van der Waals surface area contributed by atoms with Gasteiger partial charge in [0.05, 0.1) is 33.6 Å². The summed E-state index contributed by atoms with van der Waals surface area (Å²) >= 11 is 12.1. The summed E-state index contributed by atoms with van der Waals surface area (Å²) in [5.41, 5.74) is -0.0403. The predicted octanol–water partition coefficient (Wildman–Crippen LogP) is 3.84. The van der Waals surface area contributed by atoms with Crippen molar-refractivity contribution in [2.45, 2.75) is 26.0 Å². The molecule has 2 aromatic carbocycles. The molecule has 0 unspecified atom stereocenters. The van der Waals surface area contributed by atoms with E-state index in [0.29, 0.717) is 10.6 Å². The fourth-order valence-electron chi connectivity index (χ4n) is 2.64. The molecule has 2 atom stereocenters. The molecule has 3 rings (SSSR count). The van der Waals surface area contributed by atoms with Crippen LogP contribution in [0.1, 0.15) is 24.2 Å². The number of hydrogen-bond donors (Lipinski definition) is 2. The van der Waals surface area contributed by atoms with Crippen LogP contribution in [-0.4, -0.2) is 32.9 Å². The van der Waals surface area contributed by atoms with Crippen molar-refractivity contribution >= 4 is 29.1 Å². The molecule has 30 heavy (non-hydrogen) atoms. The van der Waals surface area contributed by atoms with Gasteiger partial charge in [-0.2, -0.15) is 9.78 Å². The van der Waals surface area contributed by atoms with Gasteiger partial charge in [0.25, 0.3) is 11.5 Å². The van der Waals surface area contributed by atoms with Gasteiger partial charge in [-0.05, 0) is 50.2 Å². The first kappa shape index (κ1) is 22.0. The standard InChI is InChI=1S/C21H18Cl2FN3O3/c1-11(12(2)28)25-20(29)16-10-19(13-6-7-17(22)18(23)8-13)26-27(21(16)30)15-5-3-4-14(24)9-15/h3-12,28H,1-2H3,(H,25,29)/t11-,12-/m0/s1. The second-order valence-corrected chi connectivity index (χ2v) is 7.59. The molecule has 3 aromatic rings. The smallest absolute Gasteiger partial charge is 0.284 e. The Bertz CT molecular complexity index is 1160. The molecule has 0 bridgehead atoms. The maximum Gasteiger partial charge on any atom is 0.284 e. The number of aromatic nitrogens is 2. The molecule has 156 valence electrons. The highest BCUT2D eigenvalue weighted by molar-refractivity contribution is 6.42. The Kier molecular flexibility index (Phi) is 6.55. The topological polar surface area (TPSA) is 84.2 Å². The van der Waals surface area contributed by atoms with Gasteiger partial charge in [-0.3, -0.25) is 9.59 Å². The molecule has 0 aliphatic carbocycles. The molecule has 0 spiro atoms. The van der Waals surface area contributed by atoms with Crippen LogP contribution in [0.3, 0.4) is 0 Å². The summed E-state index contributed by atoms with van der Waals surface area (Å²) in [6.45, 7) is 3.12. The lowest BCUT2D eigenvalue weighted by atomic mass is 10.1. The fraction of sp³-hybridized carbons (Fsp3) is 0.190. The maximum absolute atomic E-state index is 13.7. The van der Waals surface area contributed by atoms with E-state index in [9.17, 15) is 19.1 Å². The number of aliphatic hydroxyl groups excluding tert-OH is 1. The molecule has 0 fully saturated rings. The summed E-state index contributed by atoms with van der Waals surface area (Å²) in [5.74, 6) is -1.25. The van der Waals surface area contributed by atoms with Crippen LogP contribution >= 0.6 is 23.2 Å². The molecule has 0 aliphatic heterocycles. The zero-order chi connectivity index (χ0) is 22.0. The first-order chi connectivity index (χ1) is 14.2. The van der Waals surface area contributed by atoms with Crippen LogP contribution in [-0.2, 0) is 0 Å². The summed E-state index contributed by atoms with van der Waals surface area (Å²) in [6.07, 6.45) is -0.823. The Morgan fingerprint density at radius 2 is 1.87 bits per heavy atom. The fourth-order valence-corrected chi connectivity index (χ4v) is 2.94. The van der Waals surface area contributed by atoms with Crippen LogP contribution in [0, 0.1) is 5.82 Å². The van der Waals surface area contributed by atoms with Crippen molar-refractivity contribution in [1.82, 2.24) is 15.1 Å². The van der Waals surface area contributed by atoms with E-state index in [4.69, 9.17) is 23.2 Å². The van der Waals surface area contributed by atoms with Crippen molar-refractivity contribution < 1.29 is 14.3 Å². The molecular formula is C21H18Cl2FN3O3. The van der Waals surface area contributed by atoms with Crippen molar-refractivity contribution in [3.8, 4) is 16.9 Å². The van der Waals surface area contributed by atoms with Crippen molar-refractivity contribution in [3.05, 3.63) is 80.3 Å². The maximum atomic E-state index is 13.7. The van der Waals surface area contributed by atoms with Gasteiger partial charge < -0.3 is 10.4 Å². The number of amides is 1. The van der Waals surface area contributed by atoms with Gasteiger partial charge in [0.1, 0.15) is 11.4 Å². The number of carbonyl (C=O) groups excluding carboxylic acids is 1. The summed E-state index contributed by atoms with van der Waals surface area (Å²) in [4.78, 5) is 25.7. The van der Waals surface area contributed by atoms with E-state index in [-0.39, 0.29) is 22.0 Å². The average molecular weight is 450 g/mol. The van der Waals surface area contributed by atoms with E-state index >= 15 is 0 Å². The first-order valence-electron chi connectivity index (χ1n) is 9.02. The van der Waals surface area contributed by atoms with E-state index < -0.39 is 29.4 Å². The molecule has 6 nitrogen and oxygen atoms in total. The number of rotatable bonds is 5. The van der Waals surface area contributed by atoms with Gasteiger partial charge >= 0.3 is 0 Å². The van der Waals surface area contributed by atoms with Gasteiger partial charge in [0.2, 0.25) is 0 Å².